The number of aliphatic imine (C=N–C) groups is 1. The molecule has 2 aromatic rings. The summed E-state index contributed by atoms with van der Waals surface area (Å²) in [5.41, 5.74) is 2.34. The number of para-hydroxylation sites is 1. The summed E-state index contributed by atoms with van der Waals surface area (Å²) < 4.78 is 0. The number of hydrogen-bond donors (Lipinski definition) is 0. The van der Waals surface area contributed by atoms with Crippen LogP contribution in [-0.4, -0.2) is 6.21 Å². The lowest BCUT2D eigenvalue weighted by Gasteiger charge is -1.98. The minimum Gasteiger partial charge on any atom is -0.261 e. The van der Waals surface area contributed by atoms with Gasteiger partial charge in [0, 0.05) is 6.21 Å². The molecule has 0 aromatic heterocycles. The Kier molecular flexibility index (Phi) is 5.19. The highest BCUT2D eigenvalue weighted by atomic mass is 14.7. The number of benzene rings is 2. The molecule has 0 amide bonds. The van der Waals surface area contributed by atoms with Gasteiger partial charge in [-0.3, -0.25) is 4.99 Å². The molecule has 0 aliphatic heterocycles. The number of hydrogen-bond acceptors (Lipinski definition) is 1. The third kappa shape index (κ3) is 4.54. The second kappa shape index (κ2) is 7.44. The van der Waals surface area contributed by atoms with E-state index >= 15 is 0 Å². The van der Waals surface area contributed by atoms with E-state index in [1.165, 1.54) is 5.56 Å². The molecule has 0 spiro atoms. The predicted molar refractivity (Wildman–Crippen MR) is 78.3 cm³/mol. The van der Waals surface area contributed by atoms with Crippen LogP contribution in [0.25, 0.3) is 0 Å². The van der Waals surface area contributed by atoms with Crippen LogP contribution >= 0.6 is 0 Å². The van der Waals surface area contributed by atoms with E-state index in [0.717, 1.165) is 24.9 Å². The molecule has 1 heteroatoms. The molecule has 0 aliphatic carbocycles. The Morgan fingerprint density at radius 2 is 1.44 bits per heavy atom. The third-order valence-corrected chi connectivity index (χ3v) is 2.71. The zero-order valence-corrected chi connectivity index (χ0v) is 10.5. The Labute approximate surface area is 109 Å². The lowest BCUT2D eigenvalue weighted by atomic mass is 10.1. The maximum atomic E-state index is 4.41. The molecule has 0 fully saturated rings. The van der Waals surface area contributed by atoms with Crippen molar-refractivity contribution in [2.75, 3.05) is 0 Å². The molecule has 0 saturated heterocycles. The van der Waals surface area contributed by atoms with Crippen LogP contribution in [0.1, 0.15) is 24.8 Å². The first-order valence-electron chi connectivity index (χ1n) is 6.41. The summed E-state index contributed by atoms with van der Waals surface area (Å²) in [5, 5.41) is 0. The summed E-state index contributed by atoms with van der Waals surface area (Å²) in [7, 11) is 0. The summed E-state index contributed by atoms with van der Waals surface area (Å²) in [6.07, 6.45) is 7.55. The van der Waals surface area contributed by atoms with Crippen LogP contribution in [0.3, 0.4) is 0 Å². The van der Waals surface area contributed by atoms with E-state index in [0.29, 0.717) is 0 Å². The molecule has 0 unspecified atom stereocenters. The number of rotatable bonds is 6. The lowest BCUT2D eigenvalue weighted by Crippen LogP contribution is -1.83. The van der Waals surface area contributed by atoms with Crippen LogP contribution in [0.5, 0.6) is 0 Å². The molecule has 0 saturated carbocycles. The van der Waals surface area contributed by atoms with E-state index in [2.05, 4.69) is 35.7 Å². The van der Waals surface area contributed by atoms with Crippen molar-refractivity contribution >= 4 is 11.9 Å². The maximum Gasteiger partial charge on any atom is 0.0625 e. The van der Waals surface area contributed by atoms with Crippen LogP contribution in [0.2, 0.25) is 0 Å². The van der Waals surface area contributed by atoms with Crippen LogP contribution in [-0.2, 0) is 0 Å². The van der Waals surface area contributed by atoms with Gasteiger partial charge in [0.05, 0.1) is 5.69 Å². The fourth-order valence-electron chi connectivity index (χ4n) is 1.75. The lowest BCUT2D eigenvalue weighted by molar-refractivity contribution is 0.867. The van der Waals surface area contributed by atoms with Gasteiger partial charge in [-0.1, -0.05) is 48.5 Å². The van der Waals surface area contributed by atoms with Crippen LogP contribution in [0.15, 0.2) is 65.7 Å². The zero-order valence-electron chi connectivity index (χ0n) is 10.5. The van der Waals surface area contributed by atoms with Crippen molar-refractivity contribution in [3.63, 3.8) is 0 Å². The topological polar surface area (TPSA) is 12.4 Å². The first-order chi connectivity index (χ1) is 8.95. The summed E-state index contributed by atoms with van der Waals surface area (Å²) in [4.78, 5) is 4.41. The van der Waals surface area contributed by atoms with E-state index in [9.17, 15) is 0 Å². The molecular formula is C17H18N. The third-order valence-electron chi connectivity index (χ3n) is 2.71. The van der Waals surface area contributed by atoms with E-state index in [1.807, 2.05) is 42.6 Å². The van der Waals surface area contributed by atoms with Crippen molar-refractivity contribution in [2.45, 2.75) is 19.3 Å². The van der Waals surface area contributed by atoms with Gasteiger partial charge in [-0.05, 0) is 43.4 Å². The summed E-state index contributed by atoms with van der Waals surface area (Å²) >= 11 is 0. The minimum absolute atomic E-state index is 1.03. The van der Waals surface area contributed by atoms with Gasteiger partial charge in [0.2, 0.25) is 0 Å². The summed E-state index contributed by atoms with van der Waals surface area (Å²) in [6.45, 7) is 0. The van der Waals surface area contributed by atoms with Crippen molar-refractivity contribution in [2.24, 2.45) is 4.99 Å². The van der Waals surface area contributed by atoms with Gasteiger partial charge in [-0.25, -0.2) is 0 Å². The highest BCUT2D eigenvalue weighted by molar-refractivity contribution is 5.62. The van der Waals surface area contributed by atoms with Gasteiger partial charge in [-0.15, -0.1) is 0 Å². The Bertz CT molecular complexity index is 459. The van der Waals surface area contributed by atoms with E-state index in [4.69, 9.17) is 0 Å². The second-order valence-electron chi connectivity index (χ2n) is 4.19. The molecule has 2 rings (SSSR count). The largest absolute Gasteiger partial charge is 0.261 e. The van der Waals surface area contributed by atoms with E-state index < -0.39 is 0 Å². The van der Waals surface area contributed by atoms with Crippen molar-refractivity contribution in [1.82, 2.24) is 0 Å². The monoisotopic (exact) mass is 236 g/mol. The fraction of sp³-hybridized carbons (Fsp3) is 0.176. The van der Waals surface area contributed by atoms with E-state index in [1.54, 1.807) is 0 Å². The van der Waals surface area contributed by atoms with Gasteiger partial charge in [0.1, 0.15) is 0 Å². The minimum atomic E-state index is 1.03. The van der Waals surface area contributed by atoms with Crippen LogP contribution < -0.4 is 0 Å². The molecule has 0 aliphatic rings. The van der Waals surface area contributed by atoms with E-state index in [-0.39, 0.29) is 0 Å². The molecule has 0 atom stereocenters. The first kappa shape index (κ1) is 12.6. The van der Waals surface area contributed by atoms with Gasteiger partial charge < -0.3 is 0 Å². The van der Waals surface area contributed by atoms with Crippen LogP contribution in [0.4, 0.5) is 5.69 Å². The Hall–Kier alpha value is -1.89. The quantitative estimate of drug-likeness (QED) is 0.504. The zero-order chi connectivity index (χ0) is 12.5. The predicted octanol–water partition coefficient (Wildman–Crippen LogP) is 4.81. The maximum absolute atomic E-state index is 4.41. The highest BCUT2D eigenvalue weighted by Gasteiger charge is 1.91. The van der Waals surface area contributed by atoms with Gasteiger partial charge in [0.25, 0.3) is 0 Å². The molecule has 0 N–H and O–H groups in total. The van der Waals surface area contributed by atoms with Crippen LogP contribution in [0, 0.1) is 6.42 Å². The molecule has 2 aromatic carbocycles. The number of nitrogens with zero attached hydrogens (tertiary/aromatic N) is 1. The first-order valence-corrected chi connectivity index (χ1v) is 6.41. The molecule has 18 heavy (non-hydrogen) atoms. The van der Waals surface area contributed by atoms with Crippen molar-refractivity contribution in [3.8, 4) is 0 Å². The highest BCUT2D eigenvalue weighted by Crippen LogP contribution is 2.10. The fourth-order valence-corrected chi connectivity index (χ4v) is 1.75. The Morgan fingerprint density at radius 1 is 0.778 bits per heavy atom. The average Bonchev–Trinajstić information content (AvgIpc) is 2.45. The molecular weight excluding hydrogens is 218 g/mol. The average molecular weight is 236 g/mol. The molecule has 0 heterocycles. The van der Waals surface area contributed by atoms with Gasteiger partial charge >= 0.3 is 0 Å². The molecule has 1 radical (unpaired) electrons. The molecule has 0 bridgehead atoms. The standard InChI is InChI=1S/C17H18N/c1-4-10-16(11-5-1)12-6-3-9-15-18-17-13-7-2-8-14-17/h1-2,4-5,7-8,10-15H,3,6,9H2. The second-order valence-corrected chi connectivity index (χ2v) is 4.19. The van der Waals surface area contributed by atoms with Crippen molar-refractivity contribution in [1.29, 1.82) is 0 Å². The van der Waals surface area contributed by atoms with Crippen molar-refractivity contribution in [3.05, 3.63) is 72.6 Å². The Balaban J connectivity index is 1.63. The van der Waals surface area contributed by atoms with Gasteiger partial charge in [-0.2, -0.15) is 0 Å². The van der Waals surface area contributed by atoms with Gasteiger partial charge in [0.15, 0.2) is 0 Å². The molecule has 1 nitrogen and oxygen atoms in total. The Morgan fingerprint density at radius 3 is 2.17 bits per heavy atom. The molecule has 91 valence electrons. The summed E-state index contributed by atoms with van der Waals surface area (Å²) in [6, 6.07) is 20.5. The summed E-state index contributed by atoms with van der Waals surface area (Å²) in [5.74, 6) is 0. The SMILES string of the molecule is [CH](CCCC=Nc1ccccc1)c1ccccc1. The van der Waals surface area contributed by atoms with Crippen molar-refractivity contribution < 1.29 is 0 Å². The normalized spacial score (nSPS) is 10.9. The smallest absolute Gasteiger partial charge is 0.0625 e. The number of unbranched alkanes of at least 4 members (excludes halogenated alkanes) is 2.